The zero-order chi connectivity index (χ0) is 14.4. The number of anilines is 1. The molecule has 0 aliphatic carbocycles. The van der Waals surface area contributed by atoms with Crippen LogP contribution in [-0.2, 0) is 0 Å². The third-order valence-electron chi connectivity index (χ3n) is 2.76. The maximum absolute atomic E-state index is 12.4. The molecule has 0 fully saturated rings. The Bertz CT molecular complexity index is 580. The number of amidine groups is 1. The SMILES string of the molecule is NC(CCN(C(=O)c1ccn[nH]1)c1ccccc1)=NO. The quantitative estimate of drug-likeness (QED) is 0.329. The van der Waals surface area contributed by atoms with Crippen LogP contribution < -0.4 is 10.6 Å². The van der Waals surface area contributed by atoms with Crippen LogP contribution in [-0.4, -0.2) is 33.7 Å². The monoisotopic (exact) mass is 273 g/mol. The van der Waals surface area contributed by atoms with E-state index in [1.54, 1.807) is 11.0 Å². The van der Waals surface area contributed by atoms with Crippen molar-refractivity contribution in [2.75, 3.05) is 11.4 Å². The number of nitrogens with two attached hydrogens (primary N) is 1. The van der Waals surface area contributed by atoms with Crippen molar-refractivity contribution in [1.82, 2.24) is 10.2 Å². The average molecular weight is 273 g/mol. The Morgan fingerprint density at radius 3 is 2.70 bits per heavy atom. The summed E-state index contributed by atoms with van der Waals surface area (Å²) in [4.78, 5) is 14.0. The lowest BCUT2D eigenvalue weighted by atomic mass is 10.2. The Labute approximate surface area is 115 Å². The normalized spacial score (nSPS) is 11.3. The van der Waals surface area contributed by atoms with Crippen LogP contribution in [0.3, 0.4) is 0 Å². The molecule has 2 aromatic rings. The Morgan fingerprint density at radius 2 is 2.10 bits per heavy atom. The number of hydrogen-bond donors (Lipinski definition) is 3. The molecule has 0 aliphatic rings. The van der Waals surface area contributed by atoms with Crippen molar-refractivity contribution in [3.8, 4) is 0 Å². The molecule has 1 aromatic carbocycles. The molecule has 104 valence electrons. The van der Waals surface area contributed by atoms with Crippen molar-refractivity contribution in [3.63, 3.8) is 0 Å². The maximum atomic E-state index is 12.4. The van der Waals surface area contributed by atoms with Gasteiger partial charge in [0.25, 0.3) is 5.91 Å². The number of benzene rings is 1. The smallest absolute Gasteiger partial charge is 0.276 e. The van der Waals surface area contributed by atoms with Gasteiger partial charge >= 0.3 is 0 Å². The number of para-hydroxylation sites is 1. The number of aromatic nitrogens is 2. The predicted octanol–water partition coefficient (Wildman–Crippen LogP) is 1.19. The summed E-state index contributed by atoms with van der Waals surface area (Å²) in [5.74, 6) is -0.150. The first-order chi connectivity index (χ1) is 9.72. The van der Waals surface area contributed by atoms with E-state index in [9.17, 15) is 4.79 Å². The zero-order valence-electron chi connectivity index (χ0n) is 10.7. The molecule has 0 aliphatic heterocycles. The number of hydrogen-bond acceptors (Lipinski definition) is 4. The molecular weight excluding hydrogens is 258 g/mol. The minimum atomic E-state index is -0.223. The number of rotatable bonds is 5. The van der Waals surface area contributed by atoms with Gasteiger partial charge in [-0.3, -0.25) is 9.89 Å². The standard InChI is InChI=1S/C13H15N5O2/c14-12(17-20)7-9-18(10-4-2-1-3-5-10)13(19)11-6-8-15-16-11/h1-6,8,20H,7,9H2,(H2,14,17)(H,15,16). The first-order valence-electron chi connectivity index (χ1n) is 6.05. The van der Waals surface area contributed by atoms with Crippen LogP contribution in [0.25, 0.3) is 0 Å². The summed E-state index contributed by atoms with van der Waals surface area (Å²) >= 11 is 0. The summed E-state index contributed by atoms with van der Waals surface area (Å²) in [7, 11) is 0. The van der Waals surface area contributed by atoms with Crippen molar-refractivity contribution in [1.29, 1.82) is 0 Å². The molecule has 0 atom stereocenters. The summed E-state index contributed by atoms with van der Waals surface area (Å²) < 4.78 is 0. The maximum Gasteiger partial charge on any atom is 0.276 e. The highest BCUT2D eigenvalue weighted by Gasteiger charge is 2.18. The van der Waals surface area contributed by atoms with Gasteiger partial charge in [0.05, 0.1) is 0 Å². The Hall–Kier alpha value is -2.83. The lowest BCUT2D eigenvalue weighted by Gasteiger charge is -2.21. The van der Waals surface area contributed by atoms with E-state index >= 15 is 0 Å². The van der Waals surface area contributed by atoms with Crippen molar-refractivity contribution < 1.29 is 10.0 Å². The van der Waals surface area contributed by atoms with Crippen LogP contribution in [0, 0.1) is 0 Å². The largest absolute Gasteiger partial charge is 0.409 e. The van der Waals surface area contributed by atoms with Gasteiger partial charge in [-0.15, -0.1) is 0 Å². The fraction of sp³-hybridized carbons (Fsp3) is 0.154. The number of oxime groups is 1. The minimum Gasteiger partial charge on any atom is -0.409 e. The molecule has 2 rings (SSSR count). The second-order valence-corrected chi connectivity index (χ2v) is 4.10. The molecule has 7 nitrogen and oxygen atoms in total. The topological polar surface area (TPSA) is 108 Å². The fourth-order valence-electron chi connectivity index (χ4n) is 1.75. The van der Waals surface area contributed by atoms with Gasteiger partial charge in [-0.2, -0.15) is 5.10 Å². The second-order valence-electron chi connectivity index (χ2n) is 4.10. The fourth-order valence-corrected chi connectivity index (χ4v) is 1.75. The van der Waals surface area contributed by atoms with Crippen LogP contribution in [0.2, 0.25) is 0 Å². The lowest BCUT2D eigenvalue weighted by molar-refractivity contribution is 0.0982. The number of nitrogens with one attached hydrogen (secondary N) is 1. The number of aromatic amines is 1. The molecule has 0 saturated carbocycles. The Balaban J connectivity index is 2.22. The average Bonchev–Trinajstić information content (AvgIpc) is 3.02. The van der Waals surface area contributed by atoms with E-state index in [0.29, 0.717) is 12.2 Å². The van der Waals surface area contributed by atoms with Crippen LogP contribution >= 0.6 is 0 Å². The lowest BCUT2D eigenvalue weighted by Crippen LogP contribution is -2.34. The van der Waals surface area contributed by atoms with Gasteiger partial charge in [0.2, 0.25) is 0 Å². The first-order valence-corrected chi connectivity index (χ1v) is 6.05. The van der Waals surface area contributed by atoms with Gasteiger partial charge in [-0.25, -0.2) is 0 Å². The molecule has 0 unspecified atom stereocenters. The molecule has 0 spiro atoms. The summed E-state index contributed by atoms with van der Waals surface area (Å²) in [6.07, 6.45) is 1.78. The van der Waals surface area contributed by atoms with Crippen molar-refractivity contribution >= 4 is 17.4 Å². The number of carbonyl (C=O) groups excluding carboxylic acids is 1. The van der Waals surface area contributed by atoms with Gasteiger partial charge in [-0.1, -0.05) is 23.4 Å². The van der Waals surface area contributed by atoms with Gasteiger partial charge in [0.1, 0.15) is 11.5 Å². The van der Waals surface area contributed by atoms with Crippen molar-refractivity contribution in [2.45, 2.75) is 6.42 Å². The Kier molecular flexibility index (Phi) is 4.33. The summed E-state index contributed by atoms with van der Waals surface area (Å²) in [6.45, 7) is 0.303. The number of H-pyrrole nitrogens is 1. The molecule has 20 heavy (non-hydrogen) atoms. The summed E-state index contributed by atoms with van der Waals surface area (Å²) in [5.41, 5.74) is 6.58. The van der Waals surface area contributed by atoms with E-state index in [4.69, 9.17) is 10.9 Å². The first kappa shape index (κ1) is 13.6. The molecular formula is C13H15N5O2. The third-order valence-corrected chi connectivity index (χ3v) is 2.76. The highest BCUT2D eigenvalue weighted by Crippen LogP contribution is 2.16. The molecule has 7 heteroatoms. The van der Waals surface area contributed by atoms with Crippen LogP contribution in [0.15, 0.2) is 47.8 Å². The minimum absolute atomic E-state index is 0.0725. The van der Waals surface area contributed by atoms with Crippen LogP contribution in [0.4, 0.5) is 5.69 Å². The third kappa shape index (κ3) is 3.14. The van der Waals surface area contributed by atoms with Crippen LogP contribution in [0.5, 0.6) is 0 Å². The van der Waals surface area contributed by atoms with Gasteiger partial charge in [-0.05, 0) is 18.2 Å². The highest BCUT2D eigenvalue weighted by atomic mass is 16.4. The number of nitrogens with zero attached hydrogens (tertiary/aromatic N) is 3. The van der Waals surface area contributed by atoms with E-state index in [1.807, 2.05) is 30.3 Å². The van der Waals surface area contributed by atoms with Crippen molar-refractivity contribution in [2.24, 2.45) is 10.9 Å². The van der Waals surface area contributed by atoms with Gasteiger partial charge < -0.3 is 15.8 Å². The molecule has 1 amide bonds. The van der Waals surface area contributed by atoms with E-state index in [1.165, 1.54) is 6.20 Å². The highest BCUT2D eigenvalue weighted by molar-refractivity contribution is 6.05. The molecule has 0 radical (unpaired) electrons. The Morgan fingerprint density at radius 1 is 1.35 bits per heavy atom. The van der Waals surface area contributed by atoms with E-state index in [2.05, 4.69) is 15.4 Å². The van der Waals surface area contributed by atoms with E-state index in [0.717, 1.165) is 5.69 Å². The summed E-state index contributed by atoms with van der Waals surface area (Å²) in [6, 6.07) is 10.8. The van der Waals surface area contributed by atoms with Crippen molar-refractivity contribution in [3.05, 3.63) is 48.3 Å². The molecule has 0 bridgehead atoms. The van der Waals surface area contributed by atoms with E-state index in [-0.39, 0.29) is 18.2 Å². The molecule has 0 saturated heterocycles. The number of amides is 1. The second kappa shape index (κ2) is 6.37. The molecule has 1 heterocycles. The van der Waals surface area contributed by atoms with Crippen LogP contribution in [0.1, 0.15) is 16.9 Å². The molecule has 1 aromatic heterocycles. The summed E-state index contributed by atoms with van der Waals surface area (Å²) in [5, 5.41) is 17.9. The number of carbonyl (C=O) groups is 1. The zero-order valence-corrected chi connectivity index (χ0v) is 10.7. The van der Waals surface area contributed by atoms with E-state index < -0.39 is 0 Å². The van der Waals surface area contributed by atoms with Gasteiger partial charge in [0.15, 0.2) is 0 Å². The molecule has 4 N–H and O–H groups in total. The van der Waals surface area contributed by atoms with Gasteiger partial charge in [0, 0.05) is 24.8 Å². The predicted molar refractivity (Wildman–Crippen MR) is 74.7 cm³/mol.